The predicted octanol–water partition coefficient (Wildman–Crippen LogP) is 6.72. The predicted molar refractivity (Wildman–Crippen MR) is 129 cm³/mol. The first-order chi connectivity index (χ1) is 15.8. The molecular weight excluding hydrogens is 497 g/mol. The van der Waals surface area contributed by atoms with Crippen molar-refractivity contribution in [1.29, 1.82) is 0 Å². The number of hydrogen-bond donors (Lipinski definition) is 1. The van der Waals surface area contributed by atoms with Crippen LogP contribution in [0.15, 0.2) is 64.1 Å². The monoisotopic (exact) mass is 522 g/mol. The minimum atomic E-state index is -4.57. The number of alkyl halides is 3. The number of benzene rings is 2. The van der Waals surface area contributed by atoms with Gasteiger partial charge < -0.3 is 14.8 Å². The van der Waals surface area contributed by atoms with Crippen LogP contribution in [0.1, 0.15) is 36.5 Å². The van der Waals surface area contributed by atoms with E-state index in [4.69, 9.17) is 9.47 Å². The van der Waals surface area contributed by atoms with Gasteiger partial charge in [0.15, 0.2) is 0 Å². The summed E-state index contributed by atoms with van der Waals surface area (Å²) in [6, 6.07) is 11.5. The number of nitrogens with zero attached hydrogens (tertiary/aromatic N) is 1. The van der Waals surface area contributed by atoms with Crippen LogP contribution in [-0.2, 0) is 10.9 Å². The van der Waals surface area contributed by atoms with E-state index >= 15 is 0 Å². The fourth-order valence-electron chi connectivity index (χ4n) is 3.54. The molecule has 33 heavy (non-hydrogen) atoms. The number of methoxy groups -OCH3 is 1. The molecule has 0 amide bonds. The first-order valence-electron chi connectivity index (χ1n) is 10.6. The molecule has 3 rings (SSSR count). The van der Waals surface area contributed by atoms with Gasteiger partial charge in [-0.15, -0.1) is 0 Å². The van der Waals surface area contributed by atoms with E-state index in [0.29, 0.717) is 17.2 Å². The Balaban J connectivity index is 1.81. The molecule has 1 unspecified atom stereocenters. The molecular formula is C25H26BrF3N2O2. The van der Waals surface area contributed by atoms with Gasteiger partial charge in [0, 0.05) is 10.0 Å². The molecule has 2 aromatic rings. The van der Waals surface area contributed by atoms with Crippen LogP contribution < -0.4 is 10.1 Å². The molecule has 1 atom stereocenters. The molecule has 176 valence electrons. The lowest BCUT2D eigenvalue weighted by molar-refractivity contribution is -0.138. The standard InChI is InChI=1S/C25H26BrF3N2O2/c1-3-21(31-24(32-2)22-10-5-13-30-22)18-11-12-23(20(16-18)25(27,28)29)33-14-6-8-17-7-4-9-19(26)15-17/h3-4,6-9,11-12,15-16,22,30H,5,10,13-14H2,1-2H3/b8-6+,21-3-,31-24?. The van der Waals surface area contributed by atoms with E-state index in [1.807, 2.05) is 24.3 Å². The minimum absolute atomic E-state index is 0.00470. The van der Waals surface area contributed by atoms with Crippen LogP contribution in [0, 0.1) is 0 Å². The van der Waals surface area contributed by atoms with Crippen LogP contribution in [0.5, 0.6) is 5.75 Å². The van der Waals surface area contributed by atoms with E-state index in [0.717, 1.165) is 35.5 Å². The maximum Gasteiger partial charge on any atom is 0.419 e. The van der Waals surface area contributed by atoms with Crippen LogP contribution in [0.2, 0.25) is 0 Å². The van der Waals surface area contributed by atoms with Gasteiger partial charge in [0.05, 0.1) is 24.4 Å². The third kappa shape index (κ3) is 6.95. The van der Waals surface area contributed by atoms with E-state index in [9.17, 15) is 13.2 Å². The van der Waals surface area contributed by atoms with Crippen molar-refractivity contribution in [2.45, 2.75) is 32.0 Å². The highest BCUT2D eigenvalue weighted by Gasteiger charge is 2.35. The van der Waals surface area contributed by atoms with Crippen LogP contribution in [0.3, 0.4) is 0 Å². The fraction of sp³-hybridized carbons (Fsp3) is 0.320. The van der Waals surface area contributed by atoms with E-state index in [2.05, 4.69) is 26.2 Å². The van der Waals surface area contributed by atoms with Gasteiger partial charge in [-0.05, 0) is 68.3 Å². The number of halogens is 4. The number of hydrogen-bond acceptors (Lipinski definition) is 4. The summed E-state index contributed by atoms with van der Waals surface area (Å²) < 4.78 is 53.2. The van der Waals surface area contributed by atoms with E-state index in [-0.39, 0.29) is 18.4 Å². The molecule has 0 saturated carbocycles. The summed E-state index contributed by atoms with van der Waals surface area (Å²) in [7, 11) is 1.52. The Morgan fingerprint density at radius 2 is 2.06 bits per heavy atom. The summed E-state index contributed by atoms with van der Waals surface area (Å²) >= 11 is 3.39. The lowest BCUT2D eigenvalue weighted by atomic mass is 10.1. The average Bonchev–Trinajstić information content (AvgIpc) is 3.32. The molecule has 0 aromatic heterocycles. The second-order valence-electron chi connectivity index (χ2n) is 7.45. The minimum Gasteiger partial charge on any atom is -0.489 e. The normalized spacial score (nSPS) is 17.6. The Morgan fingerprint density at radius 3 is 2.70 bits per heavy atom. The molecule has 1 saturated heterocycles. The summed E-state index contributed by atoms with van der Waals surface area (Å²) in [6.07, 6.45) is 2.44. The molecule has 0 spiro atoms. The highest BCUT2D eigenvalue weighted by Crippen LogP contribution is 2.38. The van der Waals surface area contributed by atoms with Gasteiger partial charge in [0.2, 0.25) is 5.90 Å². The van der Waals surface area contributed by atoms with Crippen LogP contribution in [0.25, 0.3) is 11.8 Å². The second-order valence-corrected chi connectivity index (χ2v) is 8.37. The highest BCUT2D eigenvalue weighted by molar-refractivity contribution is 9.10. The first kappa shape index (κ1) is 25.1. The van der Waals surface area contributed by atoms with Crippen molar-refractivity contribution in [3.63, 3.8) is 0 Å². The Bertz CT molecular complexity index is 1040. The molecule has 1 aliphatic heterocycles. The smallest absolute Gasteiger partial charge is 0.419 e. The quantitative estimate of drug-likeness (QED) is 0.324. The Labute approximate surface area is 200 Å². The zero-order valence-corrected chi connectivity index (χ0v) is 20.0. The summed E-state index contributed by atoms with van der Waals surface area (Å²) in [5.74, 6) is 0.237. The third-order valence-corrected chi connectivity index (χ3v) is 5.64. The van der Waals surface area contributed by atoms with Gasteiger partial charge in [0.25, 0.3) is 0 Å². The van der Waals surface area contributed by atoms with Crippen molar-refractivity contribution >= 4 is 33.6 Å². The van der Waals surface area contributed by atoms with Crippen molar-refractivity contribution in [1.82, 2.24) is 5.32 Å². The van der Waals surface area contributed by atoms with Crippen LogP contribution >= 0.6 is 15.9 Å². The van der Waals surface area contributed by atoms with Crippen molar-refractivity contribution in [3.05, 3.63) is 75.8 Å². The zero-order valence-electron chi connectivity index (χ0n) is 18.5. The summed E-state index contributed by atoms with van der Waals surface area (Å²) in [5, 5.41) is 3.28. The maximum atomic E-state index is 13.8. The topological polar surface area (TPSA) is 42.8 Å². The van der Waals surface area contributed by atoms with Gasteiger partial charge in [-0.25, -0.2) is 4.99 Å². The number of rotatable bonds is 7. The largest absolute Gasteiger partial charge is 0.489 e. The molecule has 1 fully saturated rings. The summed E-state index contributed by atoms with van der Waals surface area (Å²) in [5.41, 5.74) is 0.825. The summed E-state index contributed by atoms with van der Waals surface area (Å²) in [6.45, 7) is 2.60. The SMILES string of the molecule is C/C=C(\N=C(OC)C1CCCN1)c1ccc(OC/C=C/c2cccc(Br)c2)c(C(F)(F)F)c1. The number of nitrogens with one attached hydrogen (secondary N) is 1. The maximum absolute atomic E-state index is 13.8. The Kier molecular flexibility index (Phi) is 8.74. The molecule has 2 aromatic carbocycles. The number of ether oxygens (including phenoxy) is 2. The van der Waals surface area contributed by atoms with Crippen molar-refractivity contribution in [2.24, 2.45) is 4.99 Å². The first-order valence-corrected chi connectivity index (χ1v) is 11.4. The van der Waals surface area contributed by atoms with Gasteiger partial charge in [0.1, 0.15) is 12.4 Å². The number of allylic oxidation sites excluding steroid dienone is 1. The lowest BCUT2D eigenvalue weighted by Crippen LogP contribution is -2.32. The molecule has 1 aliphatic rings. The summed E-state index contributed by atoms with van der Waals surface area (Å²) in [4.78, 5) is 4.50. The lowest BCUT2D eigenvalue weighted by Gasteiger charge is -2.16. The molecule has 0 radical (unpaired) electrons. The Morgan fingerprint density at radius 1 is 1.24 bits per heavy atom. The fourth-order valence-corrected chi connectivity index (χ4v) is 3.96. The van der Waals surface area contributed by atoms with Crippen molar-refractivity contribution in [2.75, 3.05) is 20.3 Å². The molecule has 4 nitrogen and oxygen atoms in total. The highest BCUT2D eigenvalue weighted by atomic mass is 79.9. The average molecular weight is 523 g/mol. The molecule has 1 heterocycles. The number of aliphatic imine (C=N–C) groups is 1. The molecule has 1 N–H and O–H groups in total. The van der Waals surface area contributed by atoms with Gasteiger partial charge >= 0.3 is 6.18 Å². The molecule has 0 aliphatic carbocycles. The second kappa shape index (κ2) is 11.5. The van der Waals surface area contributed by atoms with E-state index in [1.165, 1.54) is 13.2 Å². The molecule has 0 bridgehead atoms. The third-order valence-electron chi connectivity index (χ3n) is 5.15. The van der Waals surface area contributed by atoms with Crippen molar-refractivity contribution in [3.8, 4) is 5.75 Å². The van der Waals surface area contributed by atoms with Crippen LogP contribution in [-0.4, -0.2) is 32.2 Å². The van der Waals surface area contributed by atoms with Gasteiger partial charge in [-0.1, -0.05) is 40.2 Å². The van der Waals surface area contributed by atoms with Gasteiger partial charge in [-0.3, -0.25) is 0 Å². The van der Waals surface area contributed by atoms with Crippen LogP contribution in [0.4, 0.5) is 13.2 Å². The zero-order chi connectivity index (χ0) is 23.8. The molecule has 8 heteroatoms. The van der Waals surface area contributed by atoms with Gasteiger partial charge in [-0.2, -0.15) is 13.2 Å². The Hall–Kier alpha value is -2.58. The van der Waals surface area contributed by atoms with E-state index < -0.39 is 11.7 Å². The van der Waals surface area contributed by atoms with Crippen molar-refractivity contribution < 1.29 is 22.6 Å². The van der Waals surface area contributed by atoms with E-state index in [1.54, 1.807) is 31.2 Å².